The number of benzene rings is 1. The van der Waals surface area contributed by atoms with Crippen LogP contribution in [0, 0.1) is 13.8 Å². The summed E-state index contributed by atoms with van der Waals surface area (Å²) in [6, 6.07) is 6.12. The molecule has 0 aliphatic rings. The van der Waals surface area contributed by atoms with Gasteiger partial charge in [0.15, 0.2) is 0 Å². The first kappa shape index (κ1) is 14.2. The quantitative estimate of drug-likeness (QED) is 0.912. The molecule has 19 heavy (non-hydrogen) atoms. The average molecular weight is 275 g/mol. The minimum atomic E-state index is -0.144. The van der Waals surface area contributed by atoms with Gasteiger partial charge in [0, 0.05) is 5.41 Å². The van der Waals surface area contributed by atoms with Gasteiger partial charge in [-0.05, 0) is 42.1 Å². The molecule has 0 saturated carbocycles. The van der Waals surface area contributed by atoms with Crippen LogP contribution in [0.5, 0.6) is 0 Å². The van der Waals surface area contributed by atoms with E-state index in [0.717, 1.165) is 16.1 Å². The van der Waals surface area contributed by atoms with Crippen molar-refractivity contribution in [2.24, 2.45) is 5.73 Å². The summed E-state index contributed by atoms with van der Waals surface area (Å²) in [5, 5.41) is 4.27. The molecule has 3 nitrogen and oxygen atoms in total. The Kier molecular flexibility index (Phi) is 3.74. The Labute approximate surface area is 119 Å². The molecule has 0 spiro atoms. The van der Waals surface area contributed by atoms with Gasteiger partial charge in [-0.3, -0.25) is 0 Å². The highest BCUT2D eigenvalue weighted by atomic mass is 32.1. The maximum absolute atomic E-state index is 6.46. The predicted octanol–water partition coefficient (Wildman–Crippen LogP) is 3.50. The van der Waals surface area contributed by atoms with E-state index in [1.807, 2.05) is 0 Å². The standard InChI is InChI=1S/C15H21N3S/c1-9-7-6-8-11(10(9)2)12(16)13-14(15(3,4)5)17-18-19-13/h6-8,12H,16H2,1-5H3. The molecule has 0 amide bonds. The summed E-state index contributed by atoms with van der Waals surface area (Å²) in [6.07, 6.45) is 0. The molecule has 0 aliphatic carbocycles. The van der Waals surface area contributed by atoms with Gasteiger partial charge in [0.05, 0.1) is 16.6 Å². The van der Waals surface area contributed by atoms with Crippen molar-refractivity contribution in [1.82, 2.24) is 9.59 Å². The largest absolute Gasteiger partial charge is 0.319 e. The first-order valence-electron chi connectivity index (χ1n) is 6.47. The fourth-order valence-corrected chi connectivity index (χ4v) is 3.06. The molecule has 1 aromatic heterocycles. The Morgan fingerprint density at radius 2 is 1.89 bits per heavy atom. The molecule has 2 rings (SSSR count). The van der Waals surface area contributed by atoms with E-state index in [1.165, 1.54) is 22.7 Å². The van der Waals surface area contributed by atoms with Gasteiger partial charge in [-0.1, -0.05) is 43.5 Å². The van der Waals surface area contributed by atoms with Gasteiger partial charge in [-0.15, -0.1) is 5.10 Å². The van der Waals surface area contributed by atoms with Crippen molar-refractivity contribution in [1.29, 1.82) is 0 Å². The third-order valence-electron chi connectivity index (χ3n) is 3.49. The third-order valence-corrected chi connectivity index (χ3v) is 4.30. The Bertz CT molecular complexity index is 581. The van der Waals surface area contributed by atoms with E-state index in [1.54, 1.807) is 0 Å². The normalized spacial score (nSPS) is 13.6. The summed E-state index contributed by atoms with van der Waals surface area (Å²) in [5.74, 6) is 0. The topological polar surface area (TPSA) is 51.8 Å². The van der Waals surface area contributed by atoms with Gasteiger partial charge in [-0.2, -0.15) is 0 Å². The van der Waals surface area contributed by atoms with E-state index < -0.39 is 0 Å². The van der Waals surface area contributed by atoms with E-state index in [4.69, 9.17) is 5.73 Å². The van der Waals surface area contributed by atoms with Crippen molar-refractivity contribution in [3.63, 3.8) is 0 Å². The van der Waals surface area contributed by atoms with Crippen LogP contribution in [0.4, 0.5) is 0 Å². The van der Waals surface area contributed by atoms with Crippen LogP contribution in [0.3, 0.4) is 0 Å². The molecular weight excluding hydrogens is 254 g/mol. The highest BCUT2D eigenvalue weighted by molar-refractivity contribution is 7.05. The highest BCUT2D eigenvalue weighted by Crippen LogP contribution is 2.33. The van der Waals surface area contributed by atoms with Crippen molar-refractivity contribution in [3.05, 3.63) is 45.5 Å². The second-order valence-corrected chi connectivity index (χ2v) is 6.79. The molecule has 0 aliphatic heterocycles. The lowest BCUT2D eigenvalue weighted by molar-refractivity contribution is 0.556. The van der Waals surface area contributed by atoms with E-state index in [9.17, 15) is 0 Å². The maximum atomic E-state index is 6.46. The predicted molar refractivity (Wildman–Crippen MR) is 80.6 cm³/mol. The number of aryl methyl sites for hydroxylation is 1. The smallest absolute Gasteiger partial charge is 0.0860 e. The van der Waals surface area contributed by atoms with E-state index >= 15 is 0 Å². The Balaban J connectivity index is 2.48. The SMILES string of the molecule is Cc1cccc(C(N)c2snnc2C(C)(C)C)c1C. The number of hydrogen-bond donors (Lipinski definition) is 1. The number of nitrogens with two attached hydrogens (primary N) is 1. The van der Waals surface area contributed by atoms with Gasteiger partial charge < -0.3 is 5.73 Å². The molecule has 1 atom stereocenters. The van der Waals surface area contributed by atoms with Crippen LogP contribution < -0.4 is 5.73 Å². The molecule has 2 N–H and O–H groups in total. The van der Waals surface area contributed by atoms with Gasteiger partial charge in [-0.25, -0.2) is 0 Å². The zero-order chi connectivity index (χ0) is 14.2. The molecule has 2 aromatic rings. The molecule has 1 heterocycles. The lowest BCUT2D eigenvalue weighted by atomic mass is 9.88. The van der Waals surface area contributed by atoms with Crippen molar-refractivity contribution < 1.29 is 0 Å². The average Bonchev–Trinajstić information content (AvgIpc) is 2.80. The van der Waals surface area contributed by atoms with Crippen LogP contribution in [0.1, 0.15) is 54.1 Å². The van der Waals surface area contributed by atoms with E-state index in [2.05, 4.69) is 62.4 Å². The van der Waals surface area contributed by atoms with E-state index in [0.29, 0.717) is 0 Å². The fraction of sp³-hybridized carbons (Fsp3) is 0.467. The van der Waals surface area contributed by atoms with Gasteiger partial charge >= 0.3 is 0 Å². The van der Waals surface area contributed by atoms with Crippen molar-refractivity contribution in [3.8, 4) is 0 Å². The summed E-state index contributed by atoms with van der Waals surface area (Å²) in [4.78, 5) is 1.07. The van der Waals surface area contributed by atoms with Crippen molar-refractivity contribution in [2.45, 2.75) is 46.1 Å². The van der Waals surface area contributed by atoms with Gasteiger partial charge in [0.2, 0.25) is 0 Å². The number of nitrogens with zero attached hydrogens (tertiary/aromatic N) is 2. The van der Waals surface area contributed by atoms with Crippen LogP contribution >= 0.6 is 11.5 Å². The second kappa shape index (κ2) is 5.02. The highest BCUT2D eigenvalue weighted by Gasteiger charge is 2.27. The molecule has 102 valence electrons. The monoisotopic (exact) mass is 275 g/mol. The first-order chi connectivity index (χ1) is 8.82. The minimum Gasteiger partial charge on any atom is -0.319 e. The number of hydrogen-bond acceptors (Lipinski definition) is 4. The molecule has 1 aromatic carbocycles. The zero-order valence-electron chi connectivity index (χ0n) is 12.2. The Morgan fingerprint density at radius 3 is 2.53 bits per heavy atom. The van der Waals surface area contributed by atoms with Gasteiger partial charge in [0.25, 0.3) is 0 Å². The van der Waals surface area contributed by atoms with Crippen molar-refractivity contribution >= 4 is 11.5 Å². The van der Waals surface area contributed by atoms with Gasteiger partial charge in [0.1, 0.15) is 0 Å². The maximum Gasteiger partial charge on any atom is 0.0860 e. The molecular formula is C15H21N3S. The van der Waals surface area contributed by atoms with Crippen LogP contribution in [-0.4, -0.2) is 9.59 Å². The van der Waals surface area contributed by atoms with Crippen LogP contribution in [0.15, 0.2) is 18.2 Å². The fourth-order valence-electron chi connectivity index (χ4n) is 2.17. The Morgan fingerprint density at radius 1 is 1.21 bits per heavy atom. The van der Waals surface area contributed by atoms with Crippen LogP contribution in [0.25, 0.3) is 0 Å². The third kappa shape index (κ3) is 2.69. The minimum absolute atomic E-state index is 0.0301. The summed E-state index contributed by atoms with van der Waals surface area (Å²) < 4.78 is 4.10. The summed E-state index contributed by atoms with van der Waals surface area (Å²) >= 11 is 1.41. The Hall–Kier alpha value is -1.26. The number of aromatic nitrogens is 2. The lowest BCUT2D eigenvalue weighted by Gasteiger charge is -2.21. The zero-order valence-corrected chi connectivity index (χ0v) is 13.0. The number of rotatable bonds is 2. The first-order valence-corrected chi connectivity index (χ1v) is 7.24. The molecule has 0 saturated heterocycles. The van der Waals surface area contributed by atoms with Crippen LogP contribution in [-0.2, 0) is 5.41 Å². The summed E-state index contributed by atoms with van der Waals surface area (Å²) in [6.45, 7) is 10.7. The van der Waals surface area contributed by atoms with E-state index in [-0.39, 0.29) is 11.5 Å². The molecule has 0 bridgehead atoms. The second-order valence-electron chi connectivity index (χ2n) is 6.00. The van der Waals surface area contributed by atoms with Crippen LogP contribution in [0.2, 0.25) is 0 Å². The summed E-state index contributed by atoms with van der Waals surface area (Å²) in [5.41, 5.74) is 11.1. The summed E-state index contributed by atoms with van der Waals surface area (Å²) in [7, 11) is 0. The molecule has 0 fully saturated rings. The molecule has 1 unspecified atom stereocenters. The molecule has 4 heteroatoms. The van der Waals surface area contributed by atoms with Crippen molar-refractivity contribution in [2.75, 3.05) is 0 Å². The lowest BCUT2D eigenvalue weighted by Crippen LogP contribution is -2.20. The molecule has 0 radical (unpaired) electrons.